The Hall–Kier alpha value is -1.87. The van der Waals surface area contributed by atoms with Gasteiger partial charge in [-0.1, -0.05) is 36.4 Å². The summed E-state index contributed by atoms with van der Waals surface area (Å²) in [7, 11) is 0. The quantitative estimate of drug-likeness (QED) is 0.852. The first-order valence-electron chi connectivity index (χ1n) is 5.47. The molecule has 0 aliphatic carbocycles. The van der Waals surface area contributed by atoms with Crippen LogP contribution in [0.1, 0.15) is 23.7 Å². The van der Waals surface area contributed by atoms with E-state index in [1.54, 1.807) is 6.07 Å². The van der Waals surface area contributed by atoms with E-state index in [0.29, 0.717) is 5.56 Å². The van der Waals surface area contributed by atoms with E-state index in [-0.39, 0.29) is 6.42 Å². The fourth-order valence-electron chi connectivity index (χ4n) is 2.04. The third kappa shape index (κ3) is 2.29. The number of aryl methyl sites for hydroxylation is 1. The van der Waals surface area contributed by atoms with E-state index in [4.69, 9.17) is 5.11 Å². The second kappa shape index (κ2) is 4.55. The molecule has 0 saturated carbocycles. The van der Waals surface area contributed by atoms with Crippen LogP contribution in [0, 0.1) is 6.92 Å². The molecule has 3 nitrogen and oxygen atoms in total. The summed E-state index contributed by atoms with van der Waals surface area (Å²) in [6.45, 7) is 2.00. The van der Waals surface area contributed by atoms with Gasteiger partial charge >= 0.3 is 5.97 Å². The molecule has 2 aromatic rings. The SMILES string of the molecule is Cc1ccc(C(O)CC(=O)O)c2ccccc12. The third-order valence-electron chi connectivity index (χ3n) is 2.90. The number of aliphatic carboxylic acids is 1. The van der Waals surface area contributed by atoms with Gasteiger partial charge in [0.15, 0.2) is 0 Å². The molecule has 0 fully saturated rings. The van der Waals surface area contributed by atoms with Crippen molar-refractivity contribution in [3.05, 3.63) is 47.5 Å². The molecule has 0 aliphatic heterocycles. The highest BCUT2D eigenvalue weighted by atomic mass is 16.4. The van der Waals surface area contributed by atoms with E-state index in [9.17, 15) is 9.90 Å². The molecule has 1 unspecified atom stereocenters. The fraction of sp³-hybridized carbons (Fsp3) is 0.214. The predicted octanol–water partition coefficient (Wildman–Crippen LogP) is 2.66. The maximum atomic E-state index is 10.6. The first-order chi connectivity index (χ1) is 8.09. The highest BCUT2D eigenvalue weighted by molar-refractivity contribution is 5.89. The molecule has 2 N–H and O–H groups in total. The van der Waals surface area contributed by atoms with Gasteiger partial charge in [-0.3, -0.25) is 4.79 Å². The van der Waals surface area contributed by atoms with Crippen LogP contribution in [-0.2, 0) is 4.79 Å². The van der Waals surface area contributed by atoms with E-state index in [0.717, 1.165) is 16.3 Å². The largest absolute Gasteiger partial charge is 0.481 e. The molecular weight excluding hydrogens is 216 g/mol. The Kier molecular flexibility index (Phi) is 3.11. The molecule has 0 saturated heterocycles. The number of hydrogen-bond donors (Lipinski definition) is 2. The summed E-state index contributed by atoms with van der Waals surface area (Å²) in [4.78, 5) is 10.6. The number of aliphatic hydroxyl groups is 1. The van der Waals surface area contributed by atoms with Crippen LogP contribution in [0.2, 0.25) is 0 Å². The average molecular weight is 230 g/mol. The number of carboxylic acids is 1. The lowest BCUT2D eigenvalue weighted by atomic mass is 9.96. The van der Waals surface area contributed by atoms with Crippen LogP contribution in [0.3, 0.4) is 0 Å². The molecule has 88 valence electrons. The Labute approximate surface area is 99.3 Å². The van der Waals surface area contributed by atoms with Crippen LogP contribution in [0.25, 0.3) is 10.8 Å². The van der Waals surface area contributed by atoms with E-state index in [2.05, 4.69) is 0 Å². The minimum atomic E-state index is -0.998. The van der Waals surface area contributed by atoms with Crippen LogP contribution in [0.4, 0.5) is 0 Å². The zero-order valence-corrected chi connectivity index (χ0v) is 9.55. The lowest BCUT2D eigenvalue weighted by molar-refractivity contribution is -0.139. The van der Waals surface area contributed by atoms with Crippen molar-refractivity contribution in [2.75, 3.05) is 0 Å². The van der Waals surface area contributed by atoms with Gasteiger partial charge in [0.05, 0.1) is 12.5 Å². The lowest BCUT2D eigenvalue weighted by Gasteiger charge is -2.13. The standard InChI is InChI=1S/C14H14O3/c1-9-6-7-12(13(15)8-14(16)17)11-5-3-2-4-10(9)11/h2-7,13,15H,8H2,1H3,(H,16,17). The van der Waals surface area contributed by atoms with Crippen LogP contribution >= 0.6 is 0 Å². The lowest BCUT2D eigenvalue weighted by Crippen LogP contribution is -2.06. The number of hydrogen-bond acceptors (Lipinski definition) is 2. The molecule has 2 aromatic carbocycles. The summed E-state index contributed by atoms with van der Waals surface area (Å²) >= 11 is 0. The molecule has 0 aromatic heterocycles. The van der Waals surface area contributed by atoms with Gasteiger partial charge in [0, 0.05) is 0 Å². The Balaban J connectivity index is 2.55. The highest BCUT2D eigenvalue weighted by Gasteiger charge is 2.15. The number of rotatable bonds is 3. The van der Waals surface area contributed by atoms with E-state index in [1.807, 2.05) is 37.3 Å². The zero-order valence-electron chi connectivity index (χ0n) is 9.55. The first kappa shape index (κ1) is 11.6. The maximum absolute atomic E-state index is 10.6. The summed E-state index contributed by atoms with van der Waals surface area (Å²) in [6.07, 6.45) is -1.23. The van der Waals surface area contributed by atoms with Gasteiger partial charge in [-0.15, -0.1) is 0 Å². The van der Waals surface area contributed by atoms with Crippen molar-refractivity contribution < 1.29 is 15.0 Å². The maximum Gasteiger partial charge on any atom is 0.306 e. The summed E-state index contributed by atoms with van der Waals surface area (Å²) in [5.41, 5.74) is 1.79. The number of aliphatic hydroxyl groups excluding tert-OH is 1. The average Bonchev–Trinajstić information content (AvgIpc) is 2.29. The van der Waals surface area contributed by atoms with E-state index in [1.165, 1.54) is 0 Å². The molecule has 0 heterocycles. The smallest absolute Gasteiger partial charge is 0.306 e. The van der Waals surface area contributed by atoms with E-state index < -0.39 is 12.1 Å². The van der Waals surface area contributed by atoms with Gasteiger partial charge in [0.1, 0.15) is 0 Å². The Morgan fingerprint density at radius 3 is 2.47 bits per heavy atom. The molecule has 0 amide bonds. The fourth-order valence-corrected chi connectivity index (χ4v) is 2.04. The summed E-state index contributed by atoms with van der Waals surface area (Å²) in [5, 5.41) is 20.6. The molecule has 0 bridgehead atoms. The van der Waals surface area contributed by atoms with Crippen LogP contribution < -0.4 is 0 Å². The summed E-state index contributed by atoms with van der Waals surface area (Å²) in [6, 6.07) is 11.4. The van der Waals surface area contributed by atoms with Gasteiger partial charge in [-0.2, -0.15) is 0 Å². The second-order valence-corrected chi connectivity index (χ2v) is 4.13. The molecule has 0 aliphatic rings. The Bertz CT molecular complexity index is 560. The minimum Gasteiger partial charge on any atom is -0.481 e. The van der Waals surface area contributed by atoms with Crippen molar-refractivity contribution in [1.82, 2.24) is 0 Å². The molecule has 2 rings (SSSR count). The van der Waals surface area contributed by atoms with Gasteiger partial charge in [-0.25, -0.2) is 0 Å². The summed E-state index contributed by atoms with van der Waals surface area (Å²) in [5.74, 6) is -0.998. The van der Waals surface area contributed by atoms with Gasteiger partial charge in [-0.05, 0) is 28.8 Å². The van der Waals surface area contributed by atoms with Crippen molar-refractivity contribution in [2.24, 2.45) is 0 Å². The topological polar surface area (TPSA) is 57.5 Å². The van der Waals surface area contributed by atoms with Crippen LogP contribution in [0.15, 0.2) is 36.4 Å². The van der Waals surface area contributed by atoms with Crippen molar-refractivity contribution in [3.63, 3.8) is 0 Å². The monoisotopic (exact) mass is 230 g/mol. The Morgan fingerprint density at radius 2 is 1.82 bits per heavy atom. The zero-order chi connectivity index (χ0) is 12.4. The molecule has 3 heteroatoms. The van der Waals surface area contributed by atoms with Gasteiger partial charge in [0.25, 0.3) is 0 Å². The molecular formula is C14H14O3. The van der Waals surface area contributed by atoms with Crippen molar-refractivity contribution >= 4 is 16.7 Å². The van der Waals surface area contributed by atoms with Crippen molar-refractivity contribution in [2.45, 2.75) is 19.4 Å². The van der Waals surface area contributed by atoms with Crippen molar-refractivity contribution in [1.29, 1.82) is 0 Å². The van der Waals surface area contributed by atoms with Gasteiger partial charge in [0.2, 0.25) is 0 Å². The minimum absolute atomic E-state index is 0.271. The Morgan fingerprint density at radius 1 is 1.18 bits per heavy atom. The molecule has 0 radical (unpaired) electrons. The second-order valence-electron chi connectivity index (χ2n) is 4.13. The van der Waals surface area contributed by atoms with E-state index >= 15 is 0 Å². The van der Waals surface area contributed by atoms with Gasteiger partial charge < -0.3 is 10.2 Å². The van der Waals surface area contributed by atoms with Crippen LogP contribution in [0.5, 0.6) is 0 Å². The predicted molar refractivity (Wildman–Crippen MR) is 65.9 cm³/mol. The number of carboxylic acid groups (broad SMARTS) is 1. The number of fused-ring (bicyclic) bond motifs is 1. The van der Waals surface area contributed by atoms with Crippen LogP contribution in [-0.4, -0.2) is 16.2 Å². The van der Waals surface area contributed by atoms with Crippen molar-refractivity contribution in [3.8, 4) is 0 Å². The number of benzene rings is 2. The first-order valence-corrected chi connectivity index (χ1v) is 5.47. The molecule has 1 atom stereocenters. The summed E-state index contributed by atoms with van der Waals surface area (Å²) < 4.78 is 0. The normalized spacial score (nSPS) is 12.6. The third-order valence-corrected chi connectivity index (χ3v) is 2.90. The highest BCUT2D eigenvalue weighted by Crippen LogP contribution is 2.28. The molecule has 17 heavy (non-hydrogen) atoms. The molecule has 0 spiro atoms. The number of carbonyl (C=O) groups is 1.